The van der Waals surface area contributed by atoms with Gasteiger partial charge in [-0.2, -0.15) is 4.98 Å². The van der Waals surface area contributed by atoms with Gasteiger partial charge < -0.3 is 79.7 Å². The van der Waals surface area contributed by atoms with Crippen molar-refractivity contribution in [2.45, 2.75) is 52.4 Å². The molecule has 0 aliphatic heterocycles. The van der Waals surface area contributed by atoms with E-state index in [2.05, 4.69) is 81.8 Å². The van der Waals surface area contributed by atoms with E-state index in [4.69, 9.17) is 93.2 Å². The monoisotopic (exact) mass is 1690 g/mol. The summed E-state index contributed by atoms with van der Waals surface area (Å²) in [4.78, 5) is 79.0. The maximum absolute atomic E-state index is 12.3. The molecule has 0 bridgehead atoms. The molecule has 0 saturated carbocycles. The Morgan fingerprint density at radius 2 is 0.782 bits per heavy atom. The Morgan fingerprint density at radius 3 is 1.19 bits per heavy atom. The summed E-state index contributed by atoms with van der Waals surface area (Å²) in [5.41, 5.74) is 17.6. The van der Waals surface area contributed by atoms with Gasteiger partial charge in [-0.25, -0.2) is 44.5 Å². The van der Waals surface area contributed by atoms with Crippen molar-refractivity contribution in [3.05, 3.63) is 218 Å². The van der Waals surface area contributed by atoms with Crippen LogP contribution in [0.5, 0.6) is 46.0 Å². The highest BCUT2D eigenvalue weighted by atomic mass is 35.5. The third kappa shape index (κ3) is 23.9. The lowest BCUT2D eigenvalue weighted by Gasteiger charge is -2.12. The number of aliphatic imine (C=N–C) groups is 1. The smallest absolute Gasteiger partial charge is 0.324 e. The Kier molecular flexibility index (Phi) is 30.0. The number of hydrogen-bond acceptors (Lipinski definition) is 32. The number of ether oxygens (including phenoxy) is 8. The summed E-state index contributed by atoms with van der Waals surface area (Å²) < 4.78 is 52.5. The number of carbonyl (C=O) groups excluding carboxylic acids is 2. The fourth-order valence-corrected chi connectivity index (χ4v) is 11.1. The van der Waals surface area contributed by atoms with Crippen molar-refractivity contribution in [2.75, 3.05) is 94.9 Å². The summed E-state index contributed by atoms with van der Waals surface area (Å²) >= 11 is 17.7. The summed E-state index contributed by atoms with van der Waals surface area (Å²) in [6.45, 7) is 12.0. The van der Waals surface area contributed by atoms with Crippen LogP contribution in [0.2, 0.25) is 15.7 Å². The molecule has 0 atom stereocenters. The molecule has 0 fully saturated rings. The fourth-order valence-electron chi connectivity index (χ4n) is 10.4. The van der Waals surface area contributed by atoms with E-state index in [9.17, 15) is 29.8 Å². The molecule has 8 aromatic carbocycles. The van der Waals surface area contributed by atoms with Crippen LogP contribution >= 0.6 is 34.8 Å². The molecule has 0 spiro atoms. The summed E-state index contributed by atoms with van der Waals surface area (Å²) in [6, 6.07) is 43.4. The quantitative estimate of drug-likeness (QED) is 0.00752. The number of nitrogens with zero attached hydrogens (tertiary/aromatic N) is 13. The number of nitro benzene ring substituents is 2. The van der Waals surface area contributed by atoms with Gasteiger partial charge in [0, 0.05) is 131 Å². The predicted octanol–water partition coefficient (Wildman–Crippen LogP) is 19.1. The second kappa shape index (κ2) is 40.5. The average molecular weight is 1690 g/mol. The van der Waals surface area contributed by atoms with Gasteiger partial charge in [-0.1, -0.05) is 63.5 Å². The maximum Gasteiger partial charge on any atom is 0.324 e. The first-order valence-electron chi connectivity index (χ1n) is 35.1. The highest BCUT2D eigenvalue weighted by Gasteiger charge is 2.23. The molecular formula is C80H85Cl3N20O16. The highest BCUT2D eigenvalue weighted by Crippen LogP contribution is 2.40. The summed E-state index contributed by atoms with van der Waals surface area (Å²) in [5, 5.41) is 46.7. The number of rotatable bonds is 19. The summed E-state index contributed by atoms with van der Waals surface area (Å²) in [7, 11) is 12.5. The Morgan fingerprint density at radius 1 is 0.437 bits per heavy atom. The molecule has 2 amide bonds. The second-order valence-electron chi connectivity index (χ2n) is 26.6. The zero-order valence-corrected chi connectivity index (χ0v) is 68.6. The minimum atomic E-state index is -0.460. The Labute approximate surface area is 698 Å². The SMILES string of the molecule is CC(C)(C)c1cc(N=C=O)no1.COc1cc2nc(Cl)nc(Cl)c2cc1OC.COc1cc2nc(Cl)nc(Nc3ccc([N+](=O)[O-])cc3)c2cc1OC.COc1cc2ncnc(Nc3ccc(N)cc3)c2cc1OC.COc1cc2ncnc(Nc3ccc(NC(=O)Nc4cc(C(C)(C)C)on4)cc3)c2cc1OC.Nc1ccc([N+](=O)[O-])cc1.[HH].[HH].[HH]. The first kappa shape index (κ1) is 88.2. The van der Waals surface area contributed by atoms with Gasteiger partial charge >= 0.3 is 6.03 Å². The minimum absolute atomic E-state index is 0. The number of amides is 2. The second-order valence-corrected chi connectivity index (χ2v) is 27.6. The first-order chi connectivity index (χ1) is 56.9. The molecule has 0 saturated heterocycles. The van der Waals surface area contributed by atoms with E-state index >= 15 is 0 Å². The lowest BCUT2D eigenvalue weighted by molar-refractivity contribution is -0.385. The normalized spacial score (nSPS) is 10.6. The third-order valence-electron chi connectivity index (χ3n) is 16.5. The molecule has 36 nitrogen and oxygen atoms in total. The molecule has 622 valence electrons. The molecular weight excluding hydrogens is 1600 g/mol. The molecule has 14 aromatic rings. The molecule has 0 unspecified atom stereocenters. The topological polar surface area (TPSA) is 474 Å². The number of benzene rings is 8. The molecule has 6 aromatic heterocycles. The maximum atomic E-state index is 12.3. The van der Waals surface area contributed by atoms with Crippen LogP contribution < -0.4 is 75.9 Å². The van der Waals surface area contributed by atoms with Gasteiger partial charge in [0.1, 0.15) is 46.8 Å². The summed E-state index contributed by atoms with van der Waals surface area (Å²) in [6.07, 6.45) is 4.39. The largest absolute Gasteiger partial charge is 0.493 e. The van der Waals surface area contributed by atoms with E-state index in [-0.39, 0.29) is 48.0 Å². The number of carbonyl (C=O) groups is 1. The Hall–Kier alpha value is -14.7. The molecule has 9 N–H and O–H groups in total. The summed E-state index contributed by atoms with van der Waals surface area (Å²) in [5.74, 6) is 8.39. The van der Waals surface area contributed by atoms with E-state index in [1.807, 2.05) is 96.1 Å². The van der Waals surface area contributed by atoms with Crippen LogP contribution in [0, 0.1) is 20.2 Å². The third-order valence-corrected chi connectivity index (χ3v) is 17.1. The number of nitrogen functional groups attached to an aromatic ring is 2. The standard InChI is InChI=1S/C24H26N6O4.C16H13ClN4O4.C16H16N4O2.C10H8Cl2N2O2.C8H10N2O2.C6H6N2O2.3H2/c1-24(2,3)20-12-21(30-34-20)29-23(31)28-15-8-6-14(7-9-15)27-22-16-10-18(32-4)19(33-5)11-17(16)25-13-26-22;1-24-13-7-11-12(8-14(13)25-2)19-16(17)20-15(11)18-9-3-5-10(6-4-9)21(22)23;1-21-14-7-12-13(8-15(14)22-2)18-9-19-16(12)20-11-5-3-10(17)4-6-11;1-15-7-3-5-6(4-8(7)16-2)13-10(12)14-9(5)11;1-8(2,3)6-4-7(9-5-11)10-12-6;7-5-1-3-6(4-2-5)8(9)10;;;/h6-13H,1-5H3,(H,25,26,27)(H2,28,29,30,31);3-8H,1-2H3,(H,18,19,20);3-9H,17H2,1-2H3,(H,18,19,20);3-4H,1-2H3;4H,1-3H3;1-4H,7H2;3*1H. The van der Waals surface area contributed by atoms with E-state index in [1.54, 1.807) is 109 Å². The number of nitro groups is 2. The number of aromatic nitrogens is 10. The average Bonchev–Trinajstić information content (AvgIpc) is 1.05. The van der Waals surface area contributed by atoms with Crippen molar-refractivity contribution in [3.8, 4) is 46.0 Å². The van der Waals surface area contributed by atoms with Crippen LogP contribution in [0.25, 0.3) is 43.6 Å². The molecule has 14 rings (SSSR count). The van der Waals surface area contributed by atoms with E-state index in [1.165, 1.54) is 69.4 Å². The van der Waals surface area contributed by atoms with Gasteiger partial charge in [0.2, 0.25) is 22.5 Å². The highest BCUT2D eigenvalue weighted by molar-refractivity contribution is 6.35. The Balaban J connectivity index is 0.000000235. The van der Waals surface area contributed by atoms with Crippen molar-refractivity contribution < 1.29 is 70.7 Å². The van der Waals surface area contributed by atoms with Crippen LogP contribution in [0.4, 0.5) is 79.4 Å². The lowest BCUT2D eigenvalue weighted by atomic mass is 9.93. The predicted molar refractivity (Wildman–Crippen MR) is 461 cm³/mol. The number of urea groups is 1. The van der Waals surface area contributed by atoms with Gasteiger partial charge in [-0.05, 0) is 120 Å². The van der Waals surface area contributed by atoms with Gasteiger partial charge in [-0.15, -0.1) is 4.99 Å². The molecule has 0 aliphatic rings. The zero-order chi connectivity index (χ0) is 86.3. The number of methoxy groups -OCH3 is 8. The number of anilines is 10. The van der Waals surface area contributed by atoms with Gasteiger partial charge in [0.25, 0.3) is 11.4 Å². The minimum Gasteiger partial charge on any atom is -0.493 e. The molecule has 119 heavy (non-hydrogen) atoms. The number of non-ortho nitro benzene ring substituents is 2. The number of fused-ring (bicyclic) bond motifs is 4. The number of halogens is 3. The van der Waals surface area contributed by atoms with Crippen molar-refractivity contribution in [3.63, 3.8) is 0 Å². The lowest BCUT2D eigenvalue weighted by Crippen LogP contribution is -2.19. The molecule has 0 aliphatic carbocycles. The van der Waals surface area contributed by atoms with Gasteiger partial charge in [0.05, 0.1) is 88.8 Å². The van der Waals surface area contributed by atoms with Gasteiger partial charge in [0.15, 0.2) is 51.8 Å². The number of nitrogens with one attached hydrogen (secondary N) is 5. The fraction of sp³-hybridized carbons (Fsp3) is 0.200. The molecule has 39 heteroatoms. The number of isocyanates is 1. The van der Waals surface area contributed by atoms with Crippen molar-refractivity contribution in [1.82, 2.24) is 50.2 Å². The van der Waals surface area contributed by atoms with E-state index < -0.39 is 15.9 Å². The van der Waals surface area contributed by atoms with E-state index in [0.29, 0.717) is 131 Å². The Bertz CT molecular complexity index is 5960. The zero-order valence-electron chi connectivity index (χ0n) is 66.3. The van der Waals surface area contributed by atoms with Crippen LogP contribution in [0.1, 0.15) is 57.3 Å². The molecule has 6 heterocycles. The van der Waals surface area contributed by atoms with Crippen molar-refractivity contribution >= 4 is 165 Å². The van der Waals surface area contributed by atoms with E-state index in [0.717, 1.165) is 27.7 Å². The van der Waals surface area contributed by atoms with Gasteiger partial charge in [-0.3, -0.25) is 25.5 Å². The van der Waals surface area contributed by atoms with Crippen molar-refractivity contribution in [1.29, 1.82) is 0 Å². The van der Waals surface area contributed by atoms with Crippen molar-refractivity contribution in [2.24, 2.45) is 4.99 Å². The van der Waals surface area contributed by atoms with Crippen LogP contribution in [-0.4, -0.2) is 129 Å². The van der Waals surface area contributed by atoms with Crippen LogP contribution in [-0.2, 0) is 15.6 Å². The number of hydrogen-bond donors (Lipinski definition) is 7. The number of nitrogens with two attached hydrogens (primary N) is 2. The molecule has 0 radical (unpaired) electrons. The van der Waals surface area contributed by atoms with Crippen LogP contribution in [0.3, 0.4) is 0 Å². The van der Waals surface area contributed by atoms with Crippen LogP contribution in [0.15, 0.2) is 184 Å². The first-order valence-corrected chi connectivity index (χ1v) is 36.2.